The molecule has 0 aliphatic carbocycles. The average Bonchev–Trinajstić information content (AvgIpc) is 3.24. The number of nitrogens with zero attached hydrogens (tertiary/aromatic N) is 6. The Labute approximate surface area is 172 Å². The number of hydrogen-bond acceptors (Lipinski definition) is 7. The maximum absolute atomic E-state index is 12.8. The lowest BCUT2D eigenvalue weighted by molar-refractivity contribution is -0.116. The summed E-state index contributed by atoms with van der Waals surface area (Å²) >= 11 is 2.93. The molecule has 3 aromatic rings. The van der Waals surface area contributed by atoms with Gasteiger partial charge in [0, 0.05) is 31.2 Å². The summed E-state index contributed by atoms with van der Waals surface area (Å²) < 4.78 is 1.93. The molecule has 0 unspecified atom stereocenters. The molecular weight excluding hydrogens is 392 g/mol. The molecule has 1 amide bonds. The molecule has 0 fully saturated rings. The van der Waals surface area contributed by atoms with Gasteiger partial charge >= 0.3 is 0 Å². The van der Waals surface area contributed by atoms with E-state index in [2.05, 4.69) is 33.2 Å². The Kier molecular flexibility index (Phi) is 5.63. The van der Waals surface area contributed by atoms with Gasteiger partial charge in [-0.2, -0.15) is 0 Å². The molecule has 0 radical (unpaired) electrons. The second-order valence-corrected chi connectivity index (χ2v) is 8.40. The van der Waals surface area contributed by atoms with Gasteiger partial charge in [0.25, 0.3) is 0 Å². The van der Waals surface area contributed by atoms with Crippen LogP contribution in [0.25, 0.3) is 0 Å². The molecule has 0 saturated carbocycles. The lowest BCUT2D eigenvalue weighted by Crippen LogP contribution is -2.37. The van der Waals surface area contributed by atoms with Crippen LogP contribution < -0.4 is 4.90 Å². The normalized spacial score (nSPS) is 15.6. The van der Waals surface area contributed by atoms with Crippen molar-refractivity contribution in [2.75, 3.05) is 10.7 Å². The first-order valence-electron chi connectivity index (χ1n) is 8.94. The van der Waals surface area contributed by atoms with Crippen molar-refractivity contribution in [3.63, 3.8) is 0 Å². The topological polar surface area (TPSA) is 76.8 Å². The van der Waals surface area contributed by atoms with Crippen LogP contribution >= 0.6 is 23.5 Å². The van der Waals surface area contributed by atoms with Crippen LogP contribution in [0.15, 0.2) is 53.0 Å². The molecule has 144 valence electrons. The Morgan fingerprint density at radius 3 is 2.75 bits per heavy atom. The first-order valence-corrected chi connectivity index (χ1v) is 10.9. The third-order valence-corrected chi connectivity index (χ3v) is 6.47. The van der Waals surface area contributed by atoms with E-state index in [4.69, 9.17) is 0 Å². The van der Waals surface area contributed by atoms with E-state index in [1.165, 1.54) is 29.1 Å². The van der Waals surface area contributed by atoms with Crippen LogP contribution in [0.3, 0.4) is 0 Å². The number of para-hydroxylation sites is 1. The van der Waals surface area contributed by atoms with E-state index < -0.39 is 0 Å². The summed E-state index contributed by atoms with van der Waals surface area (Å²) in [5, 5.41) is 9.93. The molecule has 0 N–H and O–H groups in total. The van der Waals surface area contributed by atoms with E-state index in [1.807, 2.05) is 34.7 Å². The maximum atomic E-state index is 12.8. The van der Waals surface area contributed by atoms with Crippen molar-refractivity contribution in [2.45, 2.75) is 35.5 Å². The monoisotopic (exact) mass is 412 g/mol. The molecule has 3 heterocycles. The van der Waals surface area contributed by atoms with E-state index in [0.717, 1.165) is 23.1 Å². The van der Waals surface area contributed by atoms with Crippen molar-refractivity contribution in [1.82, 2.24) is 24.7 Å². The molecular formula is C19H20N6OS2. The molecule has 1 aliphatic rings. The van der Waals surface area contributed by atoms with E-state index in [9.17, 15) is 4.79 Å². The highest BCUT2D eigenvalue weighted by molar-refractivity contribution is 7.99. The number of amides is 1. The Hall–Kier alpha value is -2.39. The number of hydrogen-bond donors (Lipinski definition) is 0. The van der Waals surface area contributed by atoms with Crippen LogP contribution in [0.5, 0.6) is 0 Å². The van der Waals surface area contributed by atoms with Crippen LogP contribution in [-0.2, 0) is 24.0 Å². The smallest absolute Gasteiger partial charge is 0.237 e. The van der Waals surface area contributed by atoms with E-state index in [1.54, 1.807) is 18.5 Å². The Morgan fingerprint density at radius 2 is 1.93 bits per heavy atom. The first-order chi connectivity index (χ1) is 13.6. The highest BCUT2D eigenvalue weighted by Crippen LogP contribution is 2.32. The van der Waals surface area contributed by atoms with Gasteiger partial charge in [-0.05, 0) is 31.0 Å². The second-order valence-electron chi connectivity index (χ2n) is 6.51. The van der Waals surface area contributed by atoms with Gasteiger partial charge in [0.05, 0.1) is 11.5 Å². The van der Waals surface area contributed by atoms with Crippen LogP contribution in [0.4, 0.5) is 5.69 Å². The lowest BCUT2D eigenvalue weighted by Gasteiger charge is -2.22. The number of anilines is 1. The summed E-state index contributed by atoms with van der Waals surface area (Å²) in [6.07, 6.45) is 4.34. The largest absolute Gasteiger partial charge is 0.308 e. The molecule has 28 heavy (non-hydrogen) atoms. The minimum Gasteiger partial charge on any atom is -0.308 e. The van der Waals surface area contributed by atoms with Gasteiger partial charge in [0.1, 0.15) is 5.82 Å². The number of carbonyl (C=O) groups is 1. The second kappa shape index (κ2) is 8.32. The number of aromatic nitrogens is 5. The molecule has 7 nitrogen and oxygen atoms in total. The van der Waals surface area contributed by atoms with Gasteiger partial charge < -0.3 is 9.47 Å². The summed E-state index contributed by atoms with van der Waals surface area (Å²) in [7, 11) is 1.92. The molecule has 0 saturated heterocycles. The van der Waals surface area contributed by atoms with Gasteiger partial charge in [-0.25, -0.2) is 9.97 Å². The molecule has 1 aliphatic heterocycles. The summed E-state index contributed by atoms with van der Waals surface area (Å²) in [6.45, 7) is 2.09. The number of thioether (sulfide) groups is 2. The fraction of sp³-hybridized carbons (Fsp3) is 0.316. The van der Waals surface area contributed by atoms with Gasteiger partial charge in [-0.15, -0.1) is 10.2 Å². The standard InChI is InChI=1S/C19H20N6OS2/c1-13-10-14-6-3-4-7-15(14)25(13)17(26)12-28-19-23-22-16(24(19)2)11-27-18-20-8-5-9-21-18/h3-9,13H,10-12H2,1-2H3/t13-/m1/s1. The van der Waals surface area contributed by atoms with Crippen molar-refractivity contribution >= 4 is 35.1 Å². The van der Waals surface area contributed by atoms with Crippen LogP contribution in [0.2, 0.25) is 0 Å². The number of benzene rings is 1. The first kappa shape index (κ1) is 18.9. The Bertz CT molecular complexity index is 978. The van der Waals surface area contributed by atoms with Crippen LogP contribution in [0.1, 0.15) is 18.3 Å². The van der Waals surface area contributed by atoms with Gasteiger partial charge in [0.15, 0.2) is 10.3 Å². The highest BCUT2D eigenvalue weighted by Gasteiger charge is 2.30. The summed E-state index contributed by atoms with van der Waals surface area (Å²) in [5.74, 6) is 1.88. The molecule has 2 aromatic heterocycles. The maximum Gasteiger partial charge on any atom is 0.237 e. The quantitative estimate of drug-likeness (QED) is 0.455. The zero-order chi connectivity index (χ0) is 19.5. The predicted octanol–water partition coefficient (Wildman–Crippen LogP) is 2.97. The summed E-state index contributed by atoms with van der Waals surface area (Å²) in [5.41, 5.74) is 2.26. The van der Waals surface area contributed by atoms with Crippen molar-refractivity contribution < 1.29 is 4.79 Å². The Balaban J connectivity index is 1.38. The minimum absolute atomic E-state index is 0.0964. The molecule has 1 aromatic carbocycles. The van der Waals surface area contributed by atoms with Gasteiger partial charge in [-0.1, -0.05) is 41.7 Å². The predicted molar refractivity (Wildman–Crippen MR) is 110 cm³/mol. The number of fused-ring (bicyclic) bond motifs is 1. The number of carbonyl (C=O) groups excluding carboxylic acids is 1. The van der Waals surface area contributed by atoms with E-state index >= 15 is 0 Å². The average molecular weight is 413 g/mol. The molecule has 0 spiro atoms. The van der Waals surface area contributed by atoms with Crippen LogP contribution in [0, 0.1) is 0 Å². The lowest BCUT2D eigenvalue weighted by atomic mass is 10.1. The highest BCUT2D eigenvalue weighted by atomic mass is 32.2. The van der Waals surface area contributed by atoms with Gasteiger partial charge in [-0.3, -0.25) is 4.79 Å². The van der Waals surface area contributed by atoms with Crippen molar-refractivity contribution in [3.05, 3.63) is 54.1 Å². The third-order valence-electron chi connectivity index (χ3n) is 4.60. The minimum atomic E-state index is 0.0964. The fourth-order valence-electron chi connectivity index (χ4n) is 3.23. The molecule has 4 rings (SSSR count). The summed E-state index contributed by atoms with van der Waals surface area (Å²) in [6, 6.07) is 10.1. The Morgan fingerprint density at radius 1 is 1.14 bits per heavy atom. The molecule has 0 bridgehead atoms. The molecule has 9 heteroatoms. The SMILES string of the molecule is C[C@@H]1Cc2ccccc2N1C(=O)CSc1nnc(CSc2ncccn2)n1C. The number of rotatable bonds is 6. The van der Waals surface area contributed by atoms with Crippen molar-refractivity contribution in [3.8, 4) is 0 Å². The fourth-order valence-corrected chi connectivity index (χ4v) is 4.80. The zero-order valence-corrected chi connectivity index (χ0v) is 17.3. The van der Waals surface area contributed by atoms with Crippen molar-refractivity contribution in [1.29, 1.82) is 0 Å². The third kappa shape index (κ3) is 3.90. The van der Waals surface area contributed by atoms with E-state index in [0.29, 0.717) is 16.7 Å². The van der Waals surface area contributed by atoms with Crippen LogP contribution in [-0.4, -0.2) is 42.4 Å². The summed E-state index contributed by atoms with van der Waals surface area (Å²) in [4.78, 5) is 23.1. The van der Waals surface area contributed by atoms with E-state index in [-0.39, 0.29) is 11.9 Å². The van der Waals surface area contributed by atoms with Gasteiger partial charge in [0.2, 0.25) is 5.91 Å². The zero-order valence-electron chi connectivity index (χ0n) is 15.6. The molecule has 1 atom stereocenters. The van der Waals surface area contributed by atoms with Crippen molar-refractivity contribution in [2.24, 2.45) is 7.05 Å².